The van der Waals surface area contributed by atoms with E-state index < -0.39 is 17.2 Å². The van der Waals surface area contributed by atoms with E-state index in [0.29, 0.717) is 11.3 Å². The Morgan fingerprint density at radius 1 is 1.18 bits per heavy atom. The Balaban J connectivity index is 2.34. The van der Waals surface area contributed by atoms with Crippen LogP contribution >= 0.6 is 0 Å². The van der Waals surface area contributed by atoms with Crippen molar-refractivity contribution in [3.63, 3.8) is 0 Å². The van der Waals surface area contributed by atoms with Gasteiger partial charge in [-0.1, -0.05) is 12.1 Å². The van der Waals surface area contributed by atoms with Crippen LogP contribution in [-0.4, -0.2) is 21.7 Å². The van der Waals surface area contributed by atoms with Crippen LogP contribution in [0.5, 0.6) is 5.75 Å². The third-order valence-electron chi connectivity index (χ3n) is 2.51. The lowest BCUT2D eigenvalue weighted by Gasteiger charge is -2.18. The van der Waals surface area contributed by atoms with Gasteiger partial charge in [0.1, 0.15) is 11.9 Å². The Bertz CT molecular complexity index is 724. The van der Waals surface area contributed by atoms with Gasteiger partial charge in [0.05, 0.1) is 5.69 Å². The van der Waals surface area contributed by atoms with E-state index >= 15 is 0 Å². The molecule has 0 saturated heterocycles. The number of carbonyl (C=O) groups is 1. The summed E-state index contributed by atoms with van der Waals surface area (Å²) in [5.74, 6) is -0.118. The van der Waals surface area contributed by atoms with Crippen molar-refractivity contribution in [2.75, 3.05) is 0 Å². The average molecular weight is 300 g/mol. The SMILES string of the molecule is CC(C)(C)OC(=O)Oc1cc(-c2ccncn2)cccc1=O. The molecule has 6 nitrogen and oxygen atoms in total. The van der Waals surface area contributed by atoms with Gasteiger partial charge in [0.25, 0.3) is 0 Å². The zero-order valence-corrected chi connectivity index (χ0v) is 12.6. The van der Waals surface area contributed by atoms with Crippen molar-refractivity contribution in [3.8, 4) is 17.0 Å². The fraction of sp³-hybridized carbons (Fsp3) is 0.250. The molecule has 1 aromatic heterocycles. The summed E-state index contributed by atoms with van der Waals surface area (Å²) >= 11 is 0. The zero-order valence-electron chi connectivity index (χ0n) is 12.6. The fourth-order valence-electron chi connectivity index (χ4n) is 1.64. The van der Waals surface area contributed by atoms with Gasteiger partial charge >= 0.3 is 6.16 Å². The maximum Gasteiger partial charge on any atom is 0.514 e. The molecular formula is C16H16N2O4. The largest absolute Gasteiger partial charge is 0.514 e. The lowest BCUT2D eigenvalue weighted by molar-refractivity contribution is 0.0204. The van der Waals surface area contributed by atoms with Crippen LogP contribution in [0.4, 0.5) is 4.79 Å². The van der Waals surface area contributed by atoms with Crippen molar-refractivity contribution in [2.24, 2.45) is 0 Å². The molecule has 0 saturated carbocycles. The minimum atomic E-state index is -0.926. The summed E-state index contributed by atoms with van der Waals surface area (Å²) in [4.78, 5) is 31.6. The number of carbonyl (C=O) groups excluding carboxylic acids is 1. The second-order valence-corrected chi connectivity index (χ2v) is 5.52. The molecule has 0 fully saturated rings. The summed E-state index contributed by atoms with van der Waals surface area (Å²) in [5.41, 5.74) is 0.112. The van der Waals surface area contributed by atoms with Crippen LogP contribution in [-0.2, 0) is 4.74 Å². The van der Waals surface area contributed by atoms with Crippen LogP contribution in [0.25, 0.3) is 11.3 Å². The summed E-state index contributed by atoms with van der Waals surface area (Å²) in [7, 11) is 0. The second kappa shape index (κ2) is 6.34. The Morgan fingerprint density at radius 3 is 2.59 bits per heavy atom. The number of rotatable bonds is 2. The van der Waals surface area contributed by atoms with Gasteiger partial charge in [-0.15, -0.1) is 0 Å². The van der Waals surface area contributed by atoms with E-state index in [1.54, 1.807) is 45.2 Å². The van der Waals surface area contributed by atoms with Crippen LogP contribution < -0.4 is 10.2 Å². The summed E-state index contributed by atoms with van der Waals surface area (Å²) in [6.07, 6.45) is 2.06. The van der Waals surface area contributed by atoms with Crippen LogP contribution in [0.2, 0.25) is 0 Å². The first-order valence-corrected chi connectivity index (χ1v) is 6.67. The molecular weight excluding hydrogens is 284 g/mol. The molecule has 0 bridgehead atoms. The van der Waals surface area contributed by atoms with Crippen LogP contribution in [0.3, 0.4) is 0 Å². The molecule has 0 atom stereocenters. The number of hydrogen-bond acceptors (Lipinski definition) is 6. The van der Waals surface area contributed by atoms with E-state index in [0.717, 1.165) is 0 Å². The first-order valence-electron chi connectivity index (χ1n) is 6.67. The van der Waals surface area contributed by atoms with E-state index in [2.05, 4.69) is 9.97 Å². The van der Waals surface area contributed by atoms with Crippen molar-refractivity contribution in [1.29, 1.82) is 0 Å². The standard InChI is InChI=1S/C16H16N2O4/c1-16(2,3)22-15(20)21-14-9-11(5-4-6-13(14)19)12-7-8-17-10-18-12/h4-10H,1-3H3. The van der Waals surface area contributed by atoms with Crippen LogP contribution in [0, 0.1) is 0 Å². The van der Waals surface area contributed by atoms with Gasteiger partial charge in [0.2, 0.25) is 5.43 Å². The molecule has 0 N–H and O–H groups in total. The van der Waals surface area contributed by atoms with Gasteiger partial charge in [0, 0.05) is 11.8 Å². The van der Waals surface area contributed by atoms with Gasteiger partial charge in [-0.2, -0.15) is 0 Å². The predicted molar refractivity (Wildman–Crippen MR) is 80.6 cm³/mol. The van der Waals surface area contributed by atoms with Gasteiger partial charge in [0.15, 0.2) is 5.75 Å². The van der Waals surface area contributed by atoms with Crippen molar-refractivity contribution in [1.82, 2.24) is 9.97 Å². The highest BCUT2D eigenvalue weighted by Gasteiger charge is 2.19. The third-order valence-corrected chi connectivity index (χ3v) is 2.51. The van der Waals surface area contributed by atoms with Gasteiger partial charge in [-0.05, 0) is 39.0 Å². The van der Waals surface area contributed by atoms with E-state index in [4.69, 9.17) is 9.47 Å². The summed E-state index contributed by atoms with van der Waals surface area (Å²) in [6.45, 7) is 5.14. The normalized spacial score (nSPS) is 10.9. The quantitative estimate of drug-likeness (QED) is 0.794. The summed E-state index contributed by atoms with van der Waals surface area (Å²) in [6, 6.07) is 7.73. The summed E-state index contributed by atoms with van der Waals surface area (Å²) < 4.78 is 10.1. The molecule has 114 valence electrons. The molecule has 0 unspecified atom stereocenters. The molecule has 0 amide bonds. The Labute approximate surface area is 127 Å². The van der Waals surface area contributed by atoms with Gasteiger partial charge in [-0.25, -0.2) is 14.8 Å². The third kappa shape index (κ3) is 4.37. The highest BCUT2D eigenvalue weighted by molar-refractivity contribution is 5.66. The van der Waals surface area contributed by atoms with Crippen molar-refractivity contribution < 1.29 is 14.3 Å². The first kappa shape index (κ1) is 15.6. The summed E-state index contributed by atoms with van der Waals surface area (Å²) in [5, 5.41) is 0. The van der Waals surface area contributed by atoms with E-state index in [1.807, 2.05) is 0 Å². The maximum absolute atomic E-state index is 11.9. The van der Waals surface area contributed by atoms with Gasteiger partial charge < -0.3 is 9.47 Å². The minimum Gasteiger partial charge on any atom is -0.428 e. The highest BCUT2D eigenvalue weighted by Crippen LogP contribution is 2.18. The number of aromatic nitrogens is 2. The predicted octanol–water partition coefficient (Wildman–Crippen LogP) is 2.82. The topological polar surface area (TPSA) is 78.4 Å². The average Bonchev–Trinajstić information content (AvgIpc) is 2.60. The molecule has 0 spiro atoms. The first-order chi connectivity index (χ1) is 10.3. The minimum absolute atomic E-state index is 0.118. The number of hydrogen-bond donors (Lipinski definition) is 0. The Hall–Kier alpha value is -2.76. The van der Waals surface area contributed by atoms with E-state index in [-0.39, 0.29) is 5.75 Å². The molecule has 0 aliphatic carbocycles. The lowest BCUT2D eigenvalue weighted by Crippen LogP contribution is -2.26. The molecule has 6 heteroatoms. The van der Waals surface area contributed by atoms with E-state index in [1.165, 1.54) is 18.5 Å². The molecule has 22 heavy (non-hydrogen) atoms. The molecule has 1 heterocycles. The Kier molecular flexibility index (Phi) is 4.50. The van der Waals surface area contributed by atoms with Crippen molar-refractivity contribution >= 4 is 6.16 Å². The molecule has 0 radical (unpaired) electrons. The van der Waals surface area contributed by atoms with Gasteiger partial charge in [-0.3, -0.25) is 4.79 Å². The lowest BCUT2D eigenvalue weighted by atomic mass is 10.2. The monoisotopic (exact) mass is 300 g/mol. The second-order valence-electron chi connectivity index (χ2n) is 5.52. The molecule has 2 rings (SSSR count). The molecule has 0 aliphatic heterocycles. The van der Waals surface area contributed by atoms with Crippen molar-refractivity contribution in [2.45, 2.75) is 26.4 Å². The Morgan fingerprint density at radius 2 is 1.95 bits per heavy atom. The molecule has 0 aliphatic rings. The number of ether oxygens (including phenoxy) is 2. The number of nitrogens with zero attached hydrogens (tertiary/aromatic N) is 2. The maximum atomic E-state index is 11.9. The zero-order chi connectivity index (χ0) is 16.2. The van der Waals surface area contributed by atoms with E-state index in [9.17, 15) is 9.59 Å². The smallest absolute Gasteiger partial charge is 0.428 e. The van der Waals surface area contributed by atoms with Crippen LogP contribution in [0.15, 0.2) is 47.7 Å². The fourth-order valence-corrected chi connectivity index (χ4v) is 1.64. The van der Waals surface area contributed by atoms with Crippen LogP contribution in [0.1, 0.15) is 20.8 Å². The molecule has 2 aromatic rings. The van der Waals surface area contributed by atoms with Crippen molar-refractivity contribution in [3.05, 3.63) is 53.1 Å². The molecule has 1 aromatic carbocycles. The highest BCUT2D eigenvalue weighted by atomic mass is 16.7.